The monoisotopic (exact) mass is 525 g/mol. The van der Waals surface area contributed by atoms with Crippen molar-refractivity contribution in [3.63, 3.8) is 0 Å². The summed E-state index contributed by atoms with van der Waals surface area (Å²) in [5.41, 5.74) is 11.5. The van der Waals surface area contributed by atoms with E-state index in [1.807, 2.05) is 31.1 Å². The maximum absolute atomic E-state index is 15.0. The third kappa shape index (κ3) is 4.75. The van der Waals surface area contributed by atoms with Crippen molar-refractivity contribution in [2.45, 2.75) is 0 Å². The minimum Gasteiger partial charge on any atom is -0.397 e. The summed E-state index contributed by atoms with van der Waals surface area (Å²) in [6.45, 7) is 1.48. The Labute approximate surface area is 222 Å². The molecule has 11 heteroatoms. The zero-order chi connectivity index (χ0) is 27.1. The number of aromatic amines is 2. The predicted octanol–water partition coefficient (Wildman–Crippen LogP) is 5.06. The first-order chi connectivity index (χ1) is 18.9. The number of hydrogen-bond donors (Lipinski definition) is 4. The third-order valence-electron chi connectivity index (χ3n) is 6.43. The van der Waals surface area contributed by atoms with Crippen LogP contribution >= 0.6 is 0 Å². The van der Waals surface area contributed by atoms with E-state index >= 15 is 4.39 Å². The number of hydrogen-bond acceptors (Lipinski definition) is 7. The number of H-pyrrole nitrogens is 2. The molecular formula is C28H25F2N9. The largest absolute Gasteiger partial charge is 0.397 e. The van der Waals surface area contributed by atoms with Crippen LogP contribution in [0.15, 0.2) is 61.1 Å². The van der Waals surface area contributed by atoms with Crippen molar-refractivity contribution in [1.82, 2.24) is 35.0 Å². The predicted molar refractivity (Wildman–Crippen MR) is 149 cm³/mol. The summed E-state index contributed by atoms with van der Waals surface area (Å²) >= 11 is 0. The number of likely N-dealkylation sites (N-methyl/N-ethyl adjacent to an activating group) is 1. The van der Waals surface area contributed by atoms with E-state index in [1.165, 1.54) is 24.4 Å². The van der Waals surface area contributed by atoms with E-state index in [0.717, 1.165) is 12.1 Å². The number of nitrogen functional groups attached to an aromatic ring is 1. The molecule has 0 amide bonds. The van der Waals surface area contributed by atoms with E-state index < -0.39 is 5.82 Å². The van der Waals surface area contributed by atoms with E-state index in [2.05, 4.69) is 35.5 Å². The molecule has 0 aliphatic heterocycles. The minimum absolute atomic E-state index is 0.179. The number of nitrogens with two attached hydrogens (primary N) is 1. The molecule has 0 spiro atoms. The molecule has 0 saturated heterocycles. The van der Waals surface area contributed by atoms with Crippen LogP contribution in [0.1, 0.15) is 0 Å². The van der Waals surface area contributed by atoms with Crippen molar-refractivity contribution in [3.05, 3.63) is 72.7 Å². The maximum Gasteiger partial charge on any atom is 0.178 e. The highest BCUT2D eigenvalue weighted by molar-refractivity contribution is 5.98. The first-order valence-electron chi connectivity index (χ1n) is 12.3. The van der Waals surface area contributed by atoms with E-state index in [-0.39, 0.29) is 11.3 Å². The summed E-state index contributed by atoms with van der Waals surface area (Å²) in [6, 6.07) is 11.6. The molecule has 0 unspecified atom stereocenters. The first kappa shape index (κ1) is 24.4. The number of anilines is 2. The number of fused-ring (bicyclic) bond motifs is 2. The van der Waals surface area contributed by atoms with E-state index in [4.69, 9.17) is 5.73 Å². The van der Waals surface area contributed by atoms with Crippen LogP contribution in [0, 0.1) is 11.6 Å². The van der Waals surface area contributed by atoms with Gasteiger partial charge >= 0.3 is 0 Å². The molecule has 6 aromatic rings. The van der Waals surface area contributed by atoms with Gasteiger partial charge in [0.2, 0.25) is 0 Å². The molecule has 5 N–H and O–H groups in total. The molecule has 0 fully saturated rings. The van der Waals surface area contributed by atoms with Gasteiger partial charge in [-0.25, -0.2) is 18.7 Å². The zero-order valence-electron chi connectivity index (χ0n) is 21.3. The fraction of sp³-hybridized carbons (Fsp3) is 0.143. The number of pyridine rings is 2. The maximum atomic E-state index is 15.0. The quantitative estimate of drug-likeness (QED) is 0.230. The van der Waals surface area contributed by atoms with Crippen LogP contribution in [-0.4, -0.2) is 62.2 Å². The van der Waals surface area contributed by atoms with E-state index in [0.29, 0.717) is 62.7 Å². The molecule has 2 aromatic carbocycles. The summed E-state index contributed by atoms with van der Waals surface area (Å²) in [5, 5.41) is 10.9. The lowest BCUT2D eigenvalue weighted by Gasteiger charge is -2.13. The van der Waals surface area contributed by atoms with Crippen molar-refractivity contribution in [2.24, 2.45) is 0 Å². The molecule has 0 radical (unpaired) electrons. The number of halogens is 2. The molecule has 0 saturated carbocycles. The lowest BCUT2D eigenvalue weighted by atomic mass is 10.0. The SMILES string of the molecule is CN(C)CCNc1cc(F)cc(-c2ccnc3nc(-c4[nH]nc5c(F)cc(-c6cncc(N)c6)cc45)[nH]c23)c1. The number of imidazole rings is 1. The normalized spacial score (nSPS) is 11.6. The summed E-state index contributed by atoms with van der Waals surface area (Å²) < 4.78 is 29.6. The summed E-state index contributed by atoms with van der Waals surface area (Å²) in [6.07, 6.45) is 4.78. The number of aromatic nitrogens is 6. The lowest BCUT2D eigenvalue weighted by Crippen LogP contribution is -2.20. The Morgan fingerprint density at radius 2 is 1.87 bits per heavy atom. The van der Waals surface area contributed by atoms with E-state index in [1.54, 1.807) is 24.5 Å². The molecule has 4 heterocycles. The van der Waals surface area contributed by atoms with Crippen LogP contribution in [0.2, 0.25) is 0 Å². The Bertz CT molecular complexity index is 1820. The summed E-state index contributed by atoms with van der Waals surface area (Å²) in [7, 11) is 3.96. The Kier molecular flexibility index (Phi) is 6.12. The Morgan fingerprint density at radius 3 is 2.69 bits per heavy atom. The first-order valence-corrected chi connectivity index (χ1v) is 12.3. The number of nitrogens with one attached hydrogen (secondary N) is 3. The molecule has 9 nitrogen and oxygen atoms in total. The van der Waals surface area contributed by atoms with Gasteiger partial charge in [0, 0.05) is 53.9 Å². The number of nitrogens with zero attached hydrogens (tertiary/aromatic N) is 5. The Morgan fingerprint density at radius 1 is 1.00 bits per heavy atom. The second-order valence-electron chi connectivity index (χ2n) is 9.56. The summed E-state index contributed by atoms with van der Waals surface area (Å²) in [4.78, 5) is 18.5. The van der Waals surface area contributed by atoms with Crippen LogP contribution < -0.4 is 11.1 Å². The van der Waals surface area contributed by atoms with Crippen molar-refractivity contribution in [1.29, 1.82) is 0 Å². The average molecular weight is 526 g/mol. The fourth-order valence-corrected chi connectivity index (χ4v) is 4.58. The number of benzene rings is 2. The molecular weight excluding hydrogens is 500 g/mol. The van der Waals surface area contributed by atoms with Gasteiger partial charge in [-0.2, -0.15) is 5.10 Å². The van der Waals surface area contributed by atoms with Crippen LogP contribution in [0.4, 0.5) is 20.2 Å². The van der Waals surface area contributed by atoms with Gasteiger partial charge in [-0.15, -0.1) is 0 Å². The highest BCUT2D eigenvalue weighted by Gasteiger charge is 2.19. The topological polar surface area (TPSA) is 124 Å². The van der Waals surface area contributed by atoms with E-state index in [9.17, 15) is 4.39 Å². The molecule has 4 aromatic heterocycles. The average Bonchev–Trinajstić information content (AvgIpc) is 3.52. The van der Waals surface area contributed by atoms with Crippen molar-refractivity contribution in [2.75, 3.05) is 38.2 Å². The van der Waals surface area contributed by atoms with Gasteiger partial charge in [0.25, 0.3) is 0 Å². The standard InChI is InChI=1S/C28H25F2N9/c1-39(2)6-5-33-20-9-16(7-18(29)12-20)21-3-4-34-27-25(21)35-28(36-27)26-22-10-15(11-23(30)24(22)37-38-26)17-8-19(31)14-32-13-17/h3-4,7-14,33H,5-6,31H2,1-2H3,(H,37,38)(H,34,35,36). The Balaban J connectivity index is 1.43. The molecule has 6 rings (SSSR count). The van der Waals surface area contributed by atoms with Gasteiger partial charge in [0.1, 0.15) is 17.0 Å². The highest BCUT2D eigenvalue weighted by Crippen LogP contribution is 2.34. The minimum atomic E-state index is -0.489. The number of rotatable bonds is 7. The third-order valence-corrected chi connectivity index (χ3v) is 6.43. The summed E-state index contributed by atoms with van der Waals surface area (Å²) in [5.74, 6) is -0.421. The van der Waals surface area contributed by atoms with Crippen LogP contribution in [-0.2, 0) is 0 Å². The van der Waals surface area contributed by atoms with Gasteiger partial charge in [0.15, 0.2) is 17.3 Å². The van der Waals surface area contributed by atoms with Crippen LogP contribution in [0.5, 0.6) is 0 Å². The Hall–Kier alpha value is -4.90. The molecule has 0 aliphatic rings. The zero-order valence-corrected chi connectivity index (χ0v) is 21.3. The second kappa shape index (κ2) is 9.76. The van der Waals surface area contributed by atoms with Gasteiger partial charge in [-0.05, 0) is 67.7 Å². The van der Waals surface area contributed by atoms with Crippen molar-refractivity contribution >= 4 is 33.4 Å². The molecule has 0 atom stereocenters. The van der Waals surface area contributed by atoms with Crippen molar-refractivity contribution < 1.29 is 8.78 Å². The van der Waals surface area contributed by atoms with Crippen molar-refractivity contribution in [3.8, 4) is 33.8 Å². The fourth-order valence-electron chi connectivity index (χ4n) is 4.58. The molecule has 196 valence electrons. The second-order valence-corrected chi connectivity index (χ2v) is 9.56. The lowest BCUT2D eigenvalue weighted by molar-refractivity contribution is 0.425. The van der Waals surface area contributed by atoms with Crippen LogP contribution in [0.3, 0.4) is 0 Å². The van der Waals surface area contributed by atoms with Gasteiger partial charge < -0.3 is 20.9 Å². The van der Waals surface area contributed by atoms with Crippen LogP contribution in [0.25, 0.3) is 55.8 Å². The molecule has 0 aliphatic carbocycles. The van der Waals surface area contributed by atoms with Gasteiger partial charge in [-0.3, -0.25) is 10.1 Å². The smallest absolute Gasteiger partial charge is 0.178 e. The molecule has 39 heavy (non-hydrogen) atoms. The van der Waals surface area contributed by atoms with Gasteiger partial charge in [-0.1, -0.05) is 0 Å². The molecule has 0 bridgehead atoms. The van der Waals surface area contributed by atoms with Gasteiger partial charge in [0.05, 0.1) is 11.2 Å². The highest BCUT2D eigenvalue weighted by atomic mass is 19.1.